The fourth-order valence-electron chi connectivity index (χ4n) is 2.47. The first-order valence-electron chi connectivity index (χ1n) is 6.36. The normalized spacial score (nSPS) is 13.0. The lowest BCUT2D eigenvalue weighted by molar-refractivity contribution is 0.269. The van der Waals surface area contributed by atoms with E-state index in [1.54, 1.807) is 6.07 Å². The second kappa shape index (κ2) is 5.51. The Hall–Kier alpha value is -1.45. The fraction of sp³-hybridized carbons (Fsp3) is 0.571. The van der Waals surface area contributed by atoms with Gasteiger partial charge in [-0.2, -0.15) is 5.26 Å². The molecule has 0 aliphatic rings. The maximum Gasteiger partial charge on any atom is 0.243 e. The molecule has 0 saturated carbocycles. The zero-order valence-electron chi connectivity index (χ0n) is 12.6. The molecule has 0 aromatic carbocycles. The van der Waals surface area contributed by atoms with Gasteiger partial charge in [0.25, 0.3) is 0 Å². The minimum atomic E-state index is -3.77. The second-order valence-electron chi connectivity index (χ2n) is 6.69. The van der Waals surface area contributed by atoms with Crippen LogP contribution in [0.4, 0.5) is 0 Å². The van der Waals surface area contributed by atoms with E-state index in [-0.39, 0.29) is 16.0 Å². The summed E-state index contributed by atoms with van der Waals surface area (Å²) in [7, 11) is -3.77. The lowest BCUT2D eigenvalue weighted by Crippen LogP contribution is -2.45. The van der Waals surface area contributed by atoms with Crippen molar-refractivity contribution in [2.75, 3.05) is 0 Å². The Kier molecular flexibility index (Phi) is 4.57. The Morgan fingerprint density at radius 2 is 1.90 bits per heavy atom. The zero-order valence-corrected chi connectivity index (χ0v) is 13.4. The van der Waals surface area contributed by atoms with Crippen LogP contribution in [-0.2, 0) is 10.0 Å². The smallest absolute Gasteiger partial charge is 0.243 e. The van der Waals surface area contributed by atoms with Gasteiger partial charge in [-0.25, -0.2) is 18.1 Å². The maximum atomic E-state index is 12.4. The minimum absolute atomic E-state index is 0.0149. The van der Waals surface area contributed by atoms with E-state index in [9.17, 15) is 8.42 Å². The summed E-state index contributed by atoms with van der Waals surface area (Å²) in [6.07, 6.45) is 2.07. The molecule has 0 spiro atoms. The van der Waals surface area contributed by atoms with E-state index in [1.165, 1.54) is 18.3 Å². The van der Waals surface area contributed by atoms with Crippen LogP contribution in [0.1, 0.15) is 46.7 Å². The van der Waals surface area contributed by atoms with Gasteiger partial charge in [0.1, 0.15) is 11.0 Å². The molecule has 0 fully saturated rings. The van der Waals surface area contributed by atoms with Crippen molar-refractivity contribution in [3.05, 3.63) is 24.0 Å². The van der Waals surface area contributed by atoms with Crippen molar-refractivity contribution in [1.29, 1.82) is 5.26 Å². The number of hydrogen-bond acceptors (Lipinski definition) is 4. The van der Waals surface area contributed by atoms with E-state index >= 15 is 0 Å². The van der Waals surface area contributed by atoms with Crippen LogP contribution >= 0.6 is 0 Å². The molecular weight excluding hydrogens is 274 g/mol. The van der Waals surface area contributed by atoms with Crippen molar-refractivity contribution < 1.29 is 8.42 Å². The van der Waals surface area contributed by atoms with Gasteiger partial charge in [0.2, 0.25) is 10.0 Å². The Bertz CT molecular complexity index is 623. The average molecular weight is 295 g/mol. The Morgan fingerprint density at radius 3 is 2.40 bits per heavy atom. The van der Waals surface area contributed by atoms with Crippen LogP contribution in [0.15, 0.2) is 23.2 Å². The van der Waals surface area contributed by atoms with E-state index in [1.807, 2.05) is 34.6 Å². The number of nitrogens with zero attached hydrogens (tertiary/aromatic N) is 2. The van der Waals surface area contributed by atoms with Gasteiger partial charge in [-0.15, -0.1) is 0 Å². The van der Waals surface area contributed by atoms with E-state index in [2.05, 4.69) is 9.71 Å². The van der Waals surface area contributed by atoms with E-state index in [0.29, 0.717) is 6.42 Å². The molecule has 1 aromatic heterocycles. The lowest BCUT2D eigenvalue weighted by atomic mass is 9.82. The highest BCUT2D eigenvalue weighted by Crippen LogP contribution is 2.28. The monoisotopic (exact) mass is 295 g/mol. The molecule has 5 nitrogen and oxygen atoms in total. The summed E-state index contributed by atoms with van der Waals surface area (Å²) in [5.74, 6) is 0. The molecule has 0 atom stereocenters. The van der Waals surface area contributed by atoms with Gasteiger partial charge in [-0.3, -0.25) is 0 Å². The molecule has 1 aromatic rings. The van der Waals surface area contributed by atoms with Crippen molar-refractivity contribution in [1.82, 2.24) is 9.71 Å². The number of aromatic nitrogens is 1. The molecule has 0 radical (unpaired) electrons. The standard InChI is InChI=1S/C14H21N3O2S/c1-13(2,3)10-14(4,5)17-20(18,19)12-7-6-8-16-11(12)9-15/h6-8,17H,10H2,1-5H3. The molecule has 0 unspecified atom stereocenters. The largest absolute Gasteiger partial charge is 0.244 e. The highest BCUT2D eigenvalue weighted by Gasteiger charge is 2.31. The first kappa shape index (κ1) is 16.6. The SMILES string of the molecule is CC(C)(C)CC(C)(C)NS(=O)(=O)c1cccnc1C#N. The van der Waals surface area contributed by atoms with Gasteiger partial charge in [0.15, 0.2) is 5.69 Å². The average Bonchev–Trinajstić information content (AvgIpc) is 2.24. The maximum absolute atomic E-state index is 12.4. The van der Waals surface area contributed by atoms with Gasteiger partial charge in [-0.1, -0.05) is 20.8 Å². The fourth-order valence-corrected chi connectivity index (χ4v) is 3.99. The molecule has 0 aliphatic carbocycles. The Balaban J connectivity index is 3.10. The van der Waals surface area contributed by atoms with Crippen LogP contribution in [0.5, 0.6) is 0 Å². The van der Waals surface area contributed by atoms with Gasteiger partial charge < -0.3 is 0 Å². The predicted octanol–water partition coefficient (Wildman–Crippen LogP) is 2.45. The van der Waals surface area contributed by atoms with Crippen LogP contribution in [0.2, 0.25) is 0 Å². The molecule has 0 aliphatic heterocycles. The molecule has 1 rings (SSSR count). The van der Waals surface area contributed by atoms with Crippen LogP contribution in [0.3, 0.4) is 0 Å². The summed E-state index contributed by atoms with van der Waals surface area (Å²) in [4.78, 5) is 3.71. The van der Waals surface area contributed by atoms with Crippen LogP contribution in [-0.4, -0.2) is 18.9 Å². The van der Waals surface area contributed by atoms with Crippen LogP contribution in [0.25, 0.3) is 0 Å². The first-order valence-corrected chi connectivity index (χ1v) is 7.84. The van der Waals surface area contributed by atoms with Crippen molar-refractivity contribution in [2.45, 2.75) is 51.5 Å². The first-order chi connectivity index (χ1) is 8.97. The number of sulfonamides is 1. The van der Waals surface area contributed by atoms with Gasteiger partial charge >= 0.3 is 0 Å². The van der Waals surface area contributed by atoms with Gasteiger partial charge in [0.05, 0.1) is 0 Å². The summed E-state index contributed by atoms with van der Waals surface area (Å²) in [5.41, 5.74) is -0.717. The number of hydrogen-bond donors (Lipinski definition) is 1. The number of rotatable bonds is 4. The second-order valence-corrected chi connectivity index (χ2v) is 8.34. The van der Waals surface area contributed by atoms with Gasteiger partial charge in [-0.05, 0) is 37.8 Å². The third-order valence-electron chi connectivity index (χ3n) is 2.55. The molecule has 0 bridgehead atoms. The van der Waals surface area contributed by atoms with Crippen molar-refractivity contribution >= 4 is 10.0 Å². The molecule has 110 valence electrons. The van der Waals surface area contributed by atoms with E-state index < -0.39 is 15.6 Å². The number of nitriles is 1. The molecule has 0 saturated heterocycles. The molecule has 1 heterocycles. The summed E-state index contributed by atoms with van der Waals surface area (Å²) in [6.45, 7) is 9.81. The van der Waals surface area contributed by atoms with Crippen LogP contribution in [0, 0.1) is 16.7 Å². The van der Waals surface area contributed by atoms with Crippen molar-refractivity contribution in [3.8, 4) is 6.07 Å². The lowest BCUT2D eigenvalue weighted by Gasteiger charge is -2.32. The number of pyridine rings is 1. The summed E-state index contributed by atoms with van der Waals surface area (Å²) < 4.78 is 27.5. The van der Waals surface area contributed by atoms with Crippen LogP contribution < -0.4 is 4.72 Å². The third kappa shape index (κ3) is 4.58. The quantitative estimate of drug-likeness (QED) is 0.924. The van der Waals surface area contributed by atoms with E-state index in [4.69, 9.17) is 5.26 Å². The van der Waals surface area contributed by atoms with Gasteiger partial charge in [0, 0.05) is 11.7 Å². The Labute approximate surface area is 121 Å². The molecule has 0 amide bonds. The molecular formula is C14H21N3O2S. The predicted molar refractivity (Wildman–Crippen MR) is 77.4 cm³/mol. The number of nitrogens with one attached hydrogen (secondary N) is 1. The van der Waals surface area contributed by atoms with Crippen molar-refractivity contribution in [2.24, 2.45) is 5.41 Å². The summed E-state index contributed by atoms with van der Waals surface area (Å²) in [6, 6.07) is 4.70. The highest BCUT2D eigenvalue weighted by molar-refractivity contribution is 7.89. The highest BCUT2D eigenvalue weighted by atomic mass is 32.2. The summed E-state index contributed by atoms with van der Waals surface area (Å²) >= 11 is 0. The Morgan fingerprint density at radius 1 is 1.30 bits per heavy atom. The molecule has 1 N–H and O–H groups in total. The minimum Gasteiger partial charge on any atom is -0.244 e. The topological polar surface area (TPSA) is 82.8 Å². The molecule has 6 heteroatoms. The summed E-state index contributed by atoms with van der Waals surface area (Å²) in [5, 5.41) is 8.96. The van der Waals surface area contributed by atoms with E-state index in [0.717, 1.165) is 0 Å². The van der Waals surface area contributed by atoms with Crippen molar-refractivity contribution in [3.63, 3.8) is 0 Å². The molecule has 20 heavy (non-hydrogen) atoms. The zero-order chi connectivity index (χ0) is 15.6. The third-order valence-corrected chi connectivity index (χ3v) is 4.28.